The van der Waals surface area contributed by atoms with Gasteiger partial charge < -0.3 is 10.2 Å². The van der Waals surface area contributed by atoms with E-state index in [2.05, 4.69) is 20.2 Å². The van der Waals surface area contributed by atoms with Crippen LogP contribution >= 0.6 is 0 Å². The summed E-state index contributed by atoms with van der Waals surface area (Å²) in [7, 11) is 0. The third kappa shape index (κ3) is 3.34. The number of anilines is 1. The number of amides is 1. The summed E-state index contributed by atoms with van der Waals surface area (Å²) >= 11 is 0. The van der Waals surface area contributed by atoms with Crippen LogP contribution in [0.15, 0.2) is 36.8 Å². The number of piperidine rings is 1. The number of halogens is 1. The molecule has 130 valence electrons. The smallest absolute Gasteiger partial charge is 0.223 e. The van der Waals surface area contributed by atoms with Crippen molar-refractivity contribution in [2.24, 2.45) is 5.92 Å². The molecule has 0 bridgehead atoms. The van der Waals surface area contributed by atoms with E-state index in [1.165, 1.54) is 6.07 Å². The van der Waals surface area contributed by atoms with E-state index < -0.39 is 0 Å². The standard InChI is InChI=1S/C19H21FN4O/c20-15-3-1-13-2-4-17(16(13)11-15)23-19(25)14-5-9-24(10-6-14)18-12-21-7-8-22-18/h1,3,7-8,11-12,14,17H,2,4-6,9-10H2,(H,23,25)/t17-/m1/s1. The highest BCUT2D eigenvalue weighted by atomic mass is 19.1. The molecule has 1 amide bonds. The molecular weight excluding hydrogens is 319 g/mol. The second-order valence-electron chi connectivity index (χ2n) is 6.77. The summed E-state index contributed by atoms with van der Waals surface area (Å²) in [5.74, 6) is 0.713. The van der Waals surface area contributed by atoms with Crippen LogP contribution < -0.4 is 10.2 Å². The van der Waals surface area contributed by atoms with Gasteiger partial charge in [-0.3, -0.25) is 9.78 Å². The number of carbonyl (C=O) groups is 1. The van der Waals surface area contributed by atoms with Gasteiger partial charge in [-0.05, 0) is 48.9 Å². The van der Waals surface area contributed by atoms with Gasteiger partial charge in [-0.2, -0.15) is 0 Å². The maximum Gasteiger partial charge on any atom is 0.223 e. The fraction of sp³-hybridized carbons (Fsp3) is 0.421. The van der Waals surface area contributed by atoms with Gasteiger partial charge in [0.15, 0.2) is 0 Å². The number of hydrogen-bond donors (Lipinski definition) is 1. The van der Waals surface area contributed by atoms with Crippen LogP contribution in [0.3, 0.4) is 0 Å². The summed E-state index contributed by atoms with van der Waals surface area (Å²) < 4.78 is 13.5. The van der Waals surface area contributed by atoms with Crippen LogP contribution in [0.5, 0.6) is 0 Å². The third-order valence-electron chi connectivity index (χ3n) is 5.24. The second kappa shape index (κ2) is 6.78. The number of nitrogens with one attached hydrogen (secondary N) is 1. The molecule has 2 aliphatic rings. The van der Waals surface area contributed by atoms with E-state index >= 15 is 0 Å². The highest BCUT2D eigenvalue weighted by Gasteiger charge is 2.30. The molecule has 5 nitrogen and oxygen atoms in total. The molecule has 1 aromatic heterocycles. The lowest BCUT2D eigenvalue weighted by molar-refractivity contribution is -0.126. The Kier molecular flexibility index (Phi) is 4.34. The molecular formula is C19H21FN4O. The molecule has 1 fully saturated rings. The van der Waals surface area contributed by atoms with Crippen molar-refractivity contribution in [2.45, 2.75) is 31.7 Å². The first-order valence-electron chi connectivity index (χ1n) is 8.80. The molecule has 4 rings (SSSR count). The predicted octanol–water partition coefficient (Wildman–Crippen LogP) is 2.64. The van der Waals surface area contributed by atoms with Crippen molar-refractivity contribution in [1.82, 2.24) is 15.3 Å². The maximum absolute atomic E-state index is 13.5. The number of nitrogens with zero attached hydrogens (tertiary/aromatic N) is 3. The average Bonchev–Trinajstić information content (AvgIpc) is 3.04. The summed E-state index contributed by atoms with van der Waals surface area (Å²) in [4.78, 5) is 23.2. The Morgan fingerprint density at radius 3 is 2.80 bits per heavy atom. The zero-order valence-electron chi connectivity index (χ0n) is 14.0. The van der Waals surface area contributed by atoms with Crippen LogP contribution in [0, 0.1) is 11.7 Å². The largest absolute Gasteiger partial charge is 0.355 e. The maximum atomic E-state index is 13.5. The van der Waals surface area contributed by atoms with Crippen molar-refractivity contribution in [2.75, 3.05) is 18.0 Å². The Morgan fingerprint density at radius 2 is 2.04 bits per heavy atom. The summed E-state index contributed by atoms with van der Waals surface area (Å²) in [6.45, 7) is 1.60. The summed E-state index contributed by atoms with van der Waals surface area (Å²) in [6.07, 6.45) is 8.44. The fourth-order valence-electron chi connectivity index (χ4n) is 3.84. The summed E-state index contributed by atoms with van der Waals surface area (Å²) in [5.41, 5.74) is 2.08. The van der Waals surface area contributed by atoms with Crippen LogP contribution in [-0.4, -0.2) is 29.0 Å². The quantitative estimate of drug-likeness (QED) is 0.933. The number of aryl methyl sites for hydroxylation is 1. The van der Waals surface area contributed by atoms with E-state index in [1.54, 1.807) is 24.7 Å². The van der Waals surface area contributed by atoms with Crippen LogP contribution in [0.1, 0.15) is 36.4 Å². The molecule has 0 spiro atoms. The first-order chi connectivity index (χ1) is 12.2. The molecule has 6 heteroatoms. The van der Waals surface area contributed by atoms with Crippen molar-refractivity contribution < 1.29 is 9.18 Å². The lowest BCUT2D eigenvalue weighted by atomic mass is 9.95. The highest BCUT2D eigenvalue weighted by Crippen LogP contribution is 2.32. The monoisotopic (exact) mass is 340 g/mol. The topological polar surface area (TPSA) is 58.1 Å². The molecule has 1 aliphatic carbocycles. The molecule has 1 aromatic carbocycles. The van der Waals surface area contributed by atoms with Crippen molar-refractivity contribution in [3.05, 3.63) is 53.7 Å². The minimum atomic E-state index is -0.239. The van der Waals surface area contributed by atoms with Gasteiger partial charge in [0.25, 0.3) is 0 Å². The molecule has 2 heterocycles. The average molecular weight is 340 g/mol. The molecule has 1 saturated heterocycles. The van der Waals surface area contributed by atoms with Crippen LogP contribution in [0.25, 0.3) is 0 Å². The Morgan fingerprint density at radius 1 is 1.20 bits per heavy atom. The molecule has 0 unspecified atom stereocenters. The lowest BCUT2D eigenvalue weighted by Crippen LogP contribution is -2.41. The molecule has 1 atom stereocenters. The number of benzene rings is 1. The second-order valence-corrected chi connectivity index (χ2v) is 6.77. The van der Waals surface area contributed by atoms with Gasteiger partial charge in [0, 0.05) is 31.4 Å². The Balaban J connectivity index is 1.35. The fourth-order valence-corrected chi connectivity index (χ4v) is 3.84. The number of fused-ring (bicyclic) bond motifs is 1. The Bertz CT molecular complexity index is 759. The molecule has 0 radical (unpaired) electrons. The van der Waals surface area contributed by atoms with E-state index in [-0.39, 0.29) is 23.7 Å². The zero-order chi connectivity index (χ0) is 17.2. The highest BCUT2D eigenvalue weighted by molar-refractivity contribution is 5.79. The van der Waals surface area contributed by atoms with Gasteiger partial charge in [-0.15, -0.1) is 0 Å². The van der Waals surface area contributed by atoms with Crippen molar-refractivity contribution >= 4 is 11.7 Å². The van der Waals surface area contributed by atoms with E-state index in [1.807, 2.05) is 6.07 Å². The van der Waals surface area contributed by atoms with E-state index in [4.69, 9.17) is 0 Å². The molecule has 1 aliphatic heterocycles. The van der Waals surface area contributed by atoms with E-state index in [0.717, 1.165) is 55.7 Å². The molecule has 1 N–H and O–H groups in total. The van der Waals surface area contributed by atoms with Crippen LogP contribution in [0.4, 0.5) is 10.2 Å². The Labute approximate surface area is 146 Å². The first kappa shape index (κ1) is 16.0. The van der Waals surface area contributed by atoms with E-state index in [9.17, 15) is 9.18 Å². The third-order valence-corrected chi connectivity index (χ3v) is 5.24. The zero-order valence-corrected chi connectivity index (χ0v) is 14.0. The number of aromatic nitrogens is 2. The summed E-state index contributed by atoms with van der Waals surface area (Å²) in [5, 5.41) is 3.13. The molecule has 2 aromatic rings. The van der Waals surface area contributed by atoms with Gasteiger partial charge in [0.1, 0.15) is 11.6 Å². The minimum absolute atomic E-state index is 0.00512. The van der Waals surface area contributed by atoms with Gasteiger partial charge in [0.2, 0.25) is 5.91 Å². The number of rotatable bonds is 3. The van der Waals surface area contributed by atoms with Crippen molar-refractivity contribution in [3.63, 3.8) is 0 Å². The SMILES string of the molecule is O=C(N[C@@H]1CCc2ccc(F)cc21)C1CCN(c2cnccn2)CC1. The summed E-state index contributed by atoms with van der Waals surface area (Å²) in [6, 6.07) is 4.82. The van der Waals surface area contributed by atoms with Crippen molar-refractivity contribution in [1.29, 1.82) is 0 Å². The number of carbonyl (C=O) groups excluding carboxylic acids is 1. The molecule has 25 heavy (non-hydrogen) atoms. The van der Waals surface area contributed by atoms with Gasteiger partial charge in [0.05, 0.1) is 12.2 Å². The van der Waals surface area contributed by atoms with Gasteiger partial charge in [-0.1, -0.05) is 6.07 Å². The van der Waals surface area contributed by atoms with Crippen LogP contribution in [0.2, 0.25) is 0 Å². The van der Waals surface area contributed by atoms with E-state index in [0.29, 0.717) is 0 Å². The first-order valence-corrected chi connectivity index (χ1v) is 8.80. The number of hydrogen-bond acceptors (Lipinski definition) is 4. The minimum Gasteiger partial charge on any atom is -0.355 e. The predicted molar refractivity (Wildman–Crippen MR) is 92.6 cm³/mol. The Hall–Kier alpha value is -2.50. The van der Waals surface area contributed by atoms with Gasteiger partial charge in [-0.25, -0.2) is 9.37 Å². The van der Waals surface area contributed by atoms with Gasteiger partial charge >= 0.3 is 0 Å². The normalized spacial score (nSPS) is 20.4. The lowest BCUT2D eigenvalue weighted by Gasteiger charge is -2.32. The molecule has 0 saturated carbocycles. The van der Waals surface area contributed by atoms with Crippen molar-refractivity contribution in [3.8, 4) is 0 Å². The van der Waals surface area contributed by atoms with Crippen LogP contribution in [-0.2, 0) is 11.2 Å².